The summed E-state index contributed by atoms with van der Waals surface area (Å²) in [5.74, 6) is 0.496. The number of hydrogen-bond donors (Lipinski definition) is 1. The number of ether oxygens (including phenoxy) is 2. The number of aryl methyl sites for hydroxylation is 1. The molecule has 0 aliphatic carbocycles. The molecular weight excluding hydrogens is 218 g/mol. The first-order valence-corrected chi connectivity index (χ1v) is 5.63. The molecule has 0 amide bonds. The van der Waals surface area contributed by atoms with Crippen LogP contribution >= 0.6 is 0 Å². The number of methoxy groups -OCH3 is 2. The molecule has 2 N–H and O–H groups in total. The van der Waals surface area contributed by atoms with Gasteiger partial charge in [0.2, 0.25) is 0 Å². The minimum Gasteiger partial charge on any atom is -0.497 e. The van der Waals surface area contributed by atoms with E-state index in [4.69, 9.17) is 10.5 Å². The van der Waals surface area contributed by atoms with Crippen LogP contribution in [0.1, 0.15) is 18.4 Å². The van der Waals surface area contributed by atoms with E-state index < -0.39 is 6.04 Å². The third kappa shape index (κ3) is 4.44. The second-order valence-corrected chi connectivity index (χ2v) is 3.87. The monoisotopic (exact) mass is 237 g/mol. The Morgan fingerprint density at radius 1 is 1.41 bits per heavy atom. The summed E-state index contributed by atoms with van der Waals surface area (Å²) in [6.07, 6.45) is 2.36. The molecule has 1 atom stereocenters. The summed E-state index contributed by atoms with van der Waals surface area (Å²) in [5.41, 5.74) is 6.83. The van der Waals surface area contributed by atoms with Gasteiger partial charge in [-0.3, -0.25) is 4.79 Å². The highest BCUT2D eigenvalue weighted by Gasteiger charge is 2.12. The van der Waals surface area contributed by atoms with Gasteiger partial charge < -0.3 is 15.2 Å². The predicted octanol–water partition coefficient (Wildman–Crippen LogP) is 1.52. The highest BCUT2D eigenvalue weighted by atomic mass is 16.5. The molecule has 17 heavy (non-hydrogen) atoms. The Balaban J connectivity index is 2.37. The quantitative estimate of drug-likeness (QED) is 0.762. The zero-order valence-corrected chi connectivity index (χ0v) is 10.3. The first-order valence-electron chi connectivity index (χ1n) is 5.63. The van der Waals surface area contributed by atoms with Gasteiger partial charge in [-0.2, -0.15) is 0 Å². The van der Waals surface area contributed by atoms with E-state index in [2.05, 4.69) is 4.74 Å². The van der Waals surface area contributed by atoms with Crippen molar-refractivity contribution in [2.45, 2.75) is 25.3 Å². The molecule has 0 saturated carbocycles. The summed E-state index contributed by atoms with van der Waals surface area (Å²) < 4.78 is 9.71. The first-order chi connectivity index (χ1) is 8.17. The van der Waals surface area contributed by atoms with Crippen molar-refractivity contribution in [3.05, 3.63) is 29.8 Å². The maximum Gasteiger partial charge on any atom is 0.322 e. The summed E-state index contributed by atoms with van der Waals surface area (Å²) in [5, 5.41) is 0. The summed E-state index contributed by atoms with van der Waals surface area (Å²) in [6, 6.07) is 7.36. The van der Waals surface area contributed by atoms with Gasteiger partial charge in [-0.15, -0.1) is 0 Å². The molecule has 1 aromatic carbocycles. The van der Waals surface area contributed by atoms with Crippen LogP contribution in [0.5, 0.6) is 5.75 Å². The van der Waals surface area contributed by atoms with E-state index in [-0.39, 0.29) is 5.97 Å². The molecule has 0 heterocycles. The fraction of sp³-hybridized carbons (Fsp3) is 0.462. The number of carbonyl (C=O) groups excluding carboxylic acids is 1. The lowest BCUT2D eigenvalue weighted by Crippen LogP contribution is -2.31. The van der Waals surface area contributed by atoms with E-state index in [1.165, 1.54) is 12.7 Å². The van der Waals surface area contributed by atoms with Crippen molar-refractivity contribution in [2.24, 2.45) is 5.73 Å². The van der Waals surface area contributed by atoms with Gasteiger partial charge in [-0.05, 0) is 37.0 Å². The summed E-state index contributed by atoms with van der Waals surface area (Å²) in [6.45, 7) is 0. The maximum atomic E-state index is 11.1. The van der Waals surface area contributed by atoms with Crippen LogP contribution in [0.2, 0.25) is 0 Å². The average molecular weight is 237 g/mol. The molecule has 0 bridgehead atoms. The molecule has 1 rings (SSSR count). The first kappa shape index (κ1) is 13.5. The highest BCUT2D eigenvalue weighted by Crippen LogP contribution is 2.14. The Labute approximate surface area is 102 Å². The van der Waals surface area contributed by atoms with Crippen molar-refractivity contribution in [1.82, 2.24) is 0 Å². The summed E-state index contributed by atoms with van der Waals surface area (Å²) in [4.78, 5) is 11.1. The lowest BCUT2D eigenvalue weighted by molar-refractivity contribution is -0.142. The molecule has 0 aliphatic rings. The molecule has 1 aromatic rings. The Morgan fingerprint density at radius 3 is 2.82 bits per heavy atom. The maximum absolute atomic E-state index is 11.1. The lowest BCUT2D eigenvalue weighted by Gasteiger charge is -2.09. The summed E-state index contributed by atoms with van der Waals surface area (Å²) >= 11 is 0. The molecular formula is C13H19NO3. The van der Waals surface area contributed by atoms with E-state index in [1.54, 1.807) is 7.11 Å². The fourth-order valence-corrected chi connectivity index (χ4v) is 1.62. The second-order valence-electron chi connectivity index (χ2n) is 3.87. The van der Waals surface area contributed by atoms with Crippen molar-refractivity contribution in [3.8, 4) is 5.75 Å². The van der Waals surface area contributed by atoms with Crippen molar-refractivity contribution in [2.75, 3.05) is 14.2 Å². The van der Waals surface area contributed by atoms with Crippen LogP contribution in [0.3, 0.4) is 0 Å². The second kappa shape index (κ2) is 6.91. The van der Waals surface area contributed by atoms with Gasteiger partial charge in [0.15, 0.2) is 0 Å². The van der Waals surface area contributed by atoms with Crippen LogP contribution in [0, 0.1) is 0 Å². The standard InChI is InChI=1S/C13H19NO3/c1-16-11-7-3-5-10(9-11)6-4-8-12(14)13(15)17-2/h3,5,7,9,12H,4,6,8,14H2,1-2H3. The highest BCUT2D eigenvalue weighted by molar-refractivity contribution is 5.75. The van der Waals surface area contributed by atoms with Crippen LogP contribution in [0.15, 0.2) is 24.3 Å². The Hall–Kier alpha value is -1.55. The molecule has 0 saturated heterocycles. The smallest absolute Gasteiger partial charge is 0.322 e. The number of carbonyl (C=O) groups is 1. The SMILES string of the molecule is COC(=O)C(N)CCCc1cccc(OC)c1. The molecule has 0 aromatic heterocycles. The van der Waals surface area contributed by atoms with Crippen molar-refractivity contribution < 1.29 is 14.3 Å². The topological polar surface area (TPSA) is 61.5 Å². The third-order valence-electron chi connectivity index (χ3n) is 2.62. The molecule has 0 fully saturated rings. The van der Waals surface area contributed by atoms with E-state index in [0.717, 1.165) is 18.6 Å². The van der Waals surface area contributed by atoms with Gasteiger partial charge in [-0.25, -0.2) is 0 Å². The minimum atomic E-state index is -0.523. The third-order valence-corrected chi connectivity index (χ3v) is 2.62. The van der Waals surface area contributed by atoms with Crippen LogP contribution in [-0.4, -0.2) is 26.2 Å². The van der Waals surface area contributed by atoms with Gasteiger partial charge in [0.1, 0.15) is 11.8 Å². The van der Waals surface area contributed by atoms with Crippen LogP contribution in [0.25, 0.3) is 0 Å². The largest absolute Gasteiger partial charge is 0.497 e. The summed E-state index contributed by atoms with van der Waals surface area (Å²) in [7, 11) is 3.00. The van der Waals surface area contributed by atoms with Gasteiger partial charge in [0.25, 0.3) is 0 Å². The predicted molar refractivity (Wildman–Crippen MR) is 65.9 cm³/mol. The van der Waals surface area contributed by atoms with Gasteiger partial charge in [-0.1, -0.05) is 12.1 Å². The zero-order chi connectivity index (χ0) is 12.7. The van der Waals surface area contributed by atoms with E-state index >= 15 is 0 Å². The number of nitrogens with two attached hydrogens (primary N) is 1. The molecule has 4 heteroatoms. The van der Waals surface area contributed by atoms with Crippen LogP contribution in [0.4, 0.5) is 0 Å². The van der Waals surface area contributed by atoms with Crippen LogP contribution in [-0.2, 0) is 16.0 Å². The zero-order valence-electron chi connectivity index (χ0n) is 10.3. The van der Waals surface area contributed by atoms with Gasteiger partial charge in [0, 0.05) is 0 Å². The number of esters is 1. The molecule has 94 valence electrons. The molecule has 1 unspecified atom stereocenters. The van der Waals surface area contributed by atoms with Crippen molar-refractivity contribution >= 4 is 5.97 Å². The number of benzene rings is 1. The van der Waals surface area contributed by atoms with E-state index in [1.807, 2.05) is 24.3 Å². The molecule has 0 radical (unpaired) electrons. The molecule has 0 aliphatic heterocycles. The number of rotatable bonds is 6. The van der Waals surface area contributed by atoms with E-state index in [9.17, 15) is 4.79 Å². The Kier molecular flexibility index (Phi) is 5.49. The minimum absolute atomic E-state index is 0.351. The average Bonchev–Trinajstić information content (AvgIpc) is 2.37. The molecule has 4 nitrogen and oxygen atoms in total. The Morgan fingerprint density at radius 2 is 2.18 bits per heavy atom. The van der Waals surface area contributed by atoms with Crippen molar-refractivity contribution in [3.63, 3.8) is 0 Å². The normalized spacial score (nSPS) is 11.9. The van der Waals surface area contributed by atoms with E-state index in [0.29, 0.717) is 6.42 Å². The van der Waals surface area contributed by atoms with Gasteiger partial charge in [0.05, 0.1) is 14.2 Å². The number of hydrogen-bond acceptors (Lipinski definition) is 4. The van der Waals surface area contributed by atoms with Gasteiger partial charge >= 0.3 is 5.97 Å². The van der Waals surface area contributed by atoms with Crippen molar-refractivity contribution in [1.29, 1.82) is 0 Å². The Bertz CT molecular complexity index is 365. The lowest BCUT2D eigenvalue weighted by atomic mass is 10.0. The molecule has 0 spiro atoms. The fourth-order valence-electron chi connectivity index (χ4n) is 1.62. The van der Waals surface area contributed by atoms with Crippen LogP contribution < -0.4 is 10.5 Å².